The molecule has 25 heavy (non-hydrogen) atoms. The zero-order valence-corrected chi connectivity index (χ0v) is 14.4. The second-order valence-electron chi connectivity index (χ2n) is 5.20. The molecule has 0 aliphatic carbocycles. The molecule has 3 aromatic rings. The maximum absolute atomic E-state index is 11.4. The zero-order valence-electron chi connectivity index (χ0n) is 13.6. The number of primary amides is 1. The van der Waals surface area contributed by atoms with E-state index in [0.717, 1.165) is 17.3 Å². The number of amides is 1. The van der Waals surface area contributed by atoms with Crippen LogP contribution in [0.5, 0.6) is 0 Å². The monoisotopic (exact) mass is 358 g/mol. The Kier molecular flexibility index (Phi) is 5.05. The second-order valence-corrected chi connectivity index (χ2v) is 6.21. The fourth-order valence-corrected chi connectivity index (χ4v) is 3.21. The van der Waals surface area contributed by atoms with Gasteiger partial charge in [0, 0.05) is 7.05 Å². The van der Waals surface area contributed by atoms with Gasteiger partial charge in [-0.1, -0.05) is 30.3 Å². The number of nitrogens with zero attached hydrogens (tertiary/aromatic N) is 3. The minimum absolute atomic E-state index is 0.191. The average molecular weight is 358 g/mol. The molecule has 1 amide bonds. The largest absolute Gasteiger partial charge is 0.384 e. The van der Waals surface area contributed by atoms with Crippen molar-refractivity contribution >= 4 is 39.7 Å². The fraction of sp³-hybridized carbons (Fsp3) is 0.188. The number of benzene rings is 1. The fourth-order valence-electron chi connectivity index (χ4n) is 2.51. The van der Waals surface area contributed by atoms with Gasteiger partial charge >= 0.3 is 0 Å². The Bertz CT molecular complexity index is 897. The van der Waals surface area contributed by atoms with Crippen LogP contribution in [0.4, 0.5) is 16.4 Å². The Morgan fingerprint density at radius 1 is 1.32 bits per heavy atom. The molecule has 9 heteroatoms. The van der Waals surface area contributed by atoms with Gasteiger partial charge in [-0.2, -0.15) is 0 Å². The molecule has 1 aromatic carbocycles. The topological polar surface area (TPSA) is 121 Å². The molecular weight excluding hydrogens is 340 g/mol. The number of carbonyl (C=O) groups excluding carboxylic acids is 1. The van der Waals surface area contributed by atoms with Crippen LogP contribution in [0, 0.1) is 0 Å². The Morgan fingerprint density at radius 3 is 2.76 bits per heavy atom. The van der Waals surface area contributed by atoms with Gasteiger partial charge in [0.25, 0.3) is 5.24 Å². The molecule has 2 heterocycles. The minimum atomic E-state index is -0.554. The highest BCUT2D eigenvalue weighted by atomic mass is 32.2. The Hall–Kier alpha value is -2.78. The SMILES string of the molecule is CNc1ncnc2c1c(SC(N)=O)c(N)n2COCc1ccccc1. The molecular formula is C16H18N6O2S. The van der Waals surface area contributed by atoms with Crippen molar-refractivity contribution in [3.63, 3.8) is 0 Å². The molecule has 0 atom stereocenters. The van der Waals surface area contributed by atoms with Crippen LogP contribution in [0.2, 0.25) is 0 Å². The lowest BCUT2D eigenvalue weighted by atomic mass is 10.2. The number of hydrogen-bond acceptors (Lipinski definition) is 7. The third-order valence-corrected chi connectivity index (χ3v) is 4.42. The lowest BCUT2D eigenvalue weighted by Gasteiger charge is -2.09. The van der Waals surface area contributed by atoms with Crippen LogP contribution in [0.15, 0.2) is 41.6 Å². The summed E-state index contributed by atoms with van der Waals surface area (Å²) in [6.45, 7) is 0.624. The van der Waals surface area contributed by atoms with Crippen molar-refractivity contribution in [2.24, 2.45) is 5.73 Å². The first-order valence-corrected chi connectivity index (χ1v) is 8.32. The van der Waals surface area contributed by atoms with Gasteiger partial charge in [-0.3, -0.25) is 9.36 Å². The molecule has 0 saturated heterocycles. The highest BCUT2D eigenvalue weighted by molar-refractivity contribution is 8.13. The lowest BCUT2D eigenvalue weighted by Crippen LogP contribution is -2.08. The normalized spacial score (nSPS) is 10.9. The van der Waals surface area contributed by atoms with Crippen molar-refractivity contribution in [3.8, 4) is 0 Å². The number of nitrogens with one attached hydrogen (secondary N) is 1. The van der Waals surface area contributed by atoms with E-state index in [-0.39, 0.29) is 6.73 Å². The third kappa shape index (κ3) is 3.52. The second kappa shape index (κ2) is 7.41. The molecule has 5 N–H and O–H groups in total. The van der Waals surface area contributed by atoms with E-state index in [4.69, 9.17) is 16.2 Å². The van der Waals surface area contributed by atoms with Gasteiger partial charge < -0.3 is 21.5 Å². The number of carbonyl (C=O) groups is 1. The summed E-state index contributed by atoms with van der Waals surface area (Å²) in [7, 11) is 1.74. The maximum Gasteiger partial charge on any atom is 0.281 e. The number of nitrogens with two attached hydrogens (primary N) is 2. The smallest absolute Gasteiger partial charge is 0.281 e. The summed E-state index contributed by atoms with van der Waals surface area (Å²) in [5.41, 5.74) is 13.2. The Labute approximate surface area is 148 Å². The summed E-state index contributed by atoms with van der Waals surface area (Å²) < 4.78 is 7.46. The molecule has 0 fully saturated rings. The van der Waals surface area contributed by atoms with Gasteiger partial charge in [0.05, 0.1) is 16.9 Å². The number of ether oxygens (including phenoxy) is 1. The first-order valence-electron chi connectivity index (χ1n) is 7.51. The van der Waals surface area contributed by atoms with Crippen molar-refractivity contribution < 1.29 is 9.53 Å². The number of hydrogen-bond donors (Lipinski definition) is 3. The molecule has 0 aliphatic heterocycles. The van der Waals surface area contributed by atoms with Crippen LogP contribution in [-0.4, -0.2) is 26.8 Å². The molecule has 8 nitrogen and oxygen atoms in total. The minimum Gasteiger partial charge on any atom is -0.384 e. The number of aromatic nitrogens is 3. The van der Waals surface area contributed by atoms with Crippen LogP contribution in [0.3, 0.4) is 0 Å². The zero-order chi connectivity index (χ0) is 17.8. The summed E-state index contributed by atoms with van der Waals surface area (Å²) in [6, 6.07) is 9.81. The number of thioether (sulfide) groups is 1. The maximum atomic E-state index is 11.4. The van der Waals surface area contributed by atoms with E-state index in [0.29, 0.717) is 34.2 Å². The van der Waals surface area contributed by atoms with Crippen LogP contribution >= 0.6 is 11.8 Å². The summed E-state index contributed by atoms with van der Waals surface area (Å²) in [5, 5.41) is 3.07. The highest BCUT2D eigenvalue weighted by Gasteiger charge is 2.21. The molecule has 0 unspecified atom stereocenters. The molecule has 0 spiro atoms. The van der Waals surface area contributed by atoms with E-state index < -0.39 is 5.24 Å². The van der Waals surface area contributed by atoms with E-state index >= 15 is 0 Å². The van der Waals surface area contributed by atoms with E-state index in [1.807, 2.05) is 30.3 Å². The summed E-state index contributed by atoms with van der Waals surface area (Å²) in [6.07, 6.45) is 1.43. The molecule has 2 aromatic heterocycles. The molecule has 0 saturated carbocycles. The van der Waals surface area contributed by atoms with Crippen molar-refractivity contribution in [2.45, 2.75) is 18.2 Å². The molecule has 0 bridgehead atoms. The number of rotatable bonds is 6. The predicted molar refractivity (Wildman–Crippen MR) is 98.2 cm³/mol. The molecule has 130 valence electrons. The van der Waals surface area contributed by atoms with E-state index in [2.05, 4.69) is 15.3 Å². The van der Waals surface area contributed by atoms with Crippen molar-refractivity contribution in [1.29, 1.82) is 0 Å². The summed E-state index contributed by atoms with van der Waals surface area (Å²) >= 11 is 0.852. The van der Waals surface area contributed by atoms with Crippen LogP contribution in [-0.2, 0) is 18.1 Å². The van der Waals surface area contributed by atoms with Crippen LogP contribution in [0.1, 0.15) is 5.56 Å². The number of nitrogen functional groups attached to an aromatic ring is 1. The van der Waals surface area contributed by atoms with Crippen LogP contribution in [0.25, 0.3) is 11.0 Å². The first-order chi connectivity index (χ1) is 12.1. The third-order valence-electron chi connectivity index (χ3n) is 3.60. The van der Waals surface area contributed by atoms with Crippen LogP contribution < -0.4 is 16.8 Å². The number of anilines is 2. The van der Waals surface area contributed by atoms with E-state index in [9.17, 15) is 4.79 Å². The van der Waals surface area contributed by atoms with Crippen molar-refractivity contribution in [1.82, 2.24) is 14.5 Å². The molecule has 0 aliphatic rings. The lowest BCUT2D eigenvalue weighted by molar-refractivity contribution is 0.0675. The summed E-state index contributed by atoms with van der Waals surface area (Å²) in [4.78, 5) is 20.4. The van der Waals surface area contributed by atoms with Crippen molar-refractivity contribution in [3.05, 3.63) is 42.2 Å². The van der Waals surface area contributed by atoms with Gasteiger partial charge in [-0.05, 0) is 17.3 Å². The standard InChI is InChI=1S/C16H18N6O2S/c1-19-14-11-12(25-16(18)23)13(17)22(15(11)21-8-20-14)9-24-7-10-5-3-2-4-6-10/h2-6,8H,7,9,17H2,1H3,(H2,18,23)(H,19,20,21). The summed E-state index contributed by atoms with van der Waals surface area (Å²) in [5.74, 6) is 0.936. The van der Waals surface area contributed by atoms with Gasteiger partial charge in [0.2, 0.25) is 0 Å². The molecule has 3 rings (SSSR count). The predicted octanol–water partition coefficient (Wildman–Crippen LogP) is 2.40. The van der Waals surface area contributed by atoms with Gasteiger partial charge in [-0.25, -0.2) is 9.97 Å². The number of fused-ring (bicyclic) bond motifs is 1. The van der Waals surface area contributed by atoms with Crippen molar-refractivity contribution in [2.75, 3.05) is 18.1 Å². The first kappa shape index (κ1) is 17.1. The molecule has 0 radical (unpaired) electrons. The van der Waals surface area contributed by atoms with Gasteiger partial charge in [0.15, 0.2) is 0 Å². The Balaban J connectivity index is 1.94. The van der Waals surface area contributed by atoms with E-state index in [1.165, 1.54) is 6.33 Å². The highest BCUT2D eigenvalue weighted by Crippen LogP contribution is 2.38. The Morgan fingerprint density at radius 2 is 2.08 bits per heavy atom. The van der Waals surface area contributed by atoms with Gasteiger partial charge in [0.1, 0.15) is 30.3 Å². The average Bonchev–Trinajstić information content (AvgIpc) is 2.88. The van der Waals surface area contributed by atoms with Gasteiger partial charge in [-0.15, -0.1) is 0 Å². The van der Waals surface area contributed by atoms with E-state index in [1.54, 1.807) is 11.6 Å². The quantitative estimate of drug-likeness (QED) is 0.578.